The van der Waals surface area contributed by atoms with Crippen molar-refractivity contribution in [1.29, 1.82) is 0 Å². The molecule has 2 N–H and O–H groups in total. The minimum absolute atomic E-state index is 0.0815. The quantitative estimate of drug-likeness (QED) is 0.833. The SMILES string of the molecule is COc1cnn(C)c1C(N)C1CCCCO1. The summed E-state index contributed by atoms with van der Waals surface area (Å²) < 4.78 is 12.7. The van der Waals surface area contributed by atoms with Crippen LogP contribution in [0.5, 0.6) is 5.75 Å². The van der Waals surface area contributed by atoms with E-state index in [2.05, 4.69) is 5.10 Å². The average molecular weight is 225 g/mol. The third kappa shape index (κ3) is 2.05. The van der Waals surface area contributed by atoms with Gasteiger partial charge in [-0.05, 0) is 19.3 Å². The van der Waals surface area contributed by atoms with Gasteiger partial charge in [0.15, 0.2) is 5.75 Å². The van der Waals surface area contributed by atoms with Gasteiger partial charge >= 0.3 is 0 Å². The predicted octanol–water partition coefficient (Wildman–Crippen LogP) is 0.998. The van der Waals surface area contributed by atoms with Gasteiger partial charge in [-0.2, -0.15) is 5.10 Å². The van der Waals surface area contributed by atoms with Crippen LogP contribution in [-0.4, -0.2) is 29.6 Å². The van der Waals surface area contributed by atoms with Crippen molar-refractivity contribution in [2.45, 2.75) is 31.4 Å². The Balaban J connectivity index is 2.18. The van der Waals surface area contributed by atoms with Crippen LogP contribution in [0.1, 0.15) is 31.0 Å². The van der Waals surface area contributed by atoms with E-state index in [0.717, 1.165) is 30.9 Å². The largest absolute Gasteiger partial charge is 0.493 e. The van der Waals surface area contributed by atoms with E-state index in [-0.39, 0.29) is 12.1 Å². The summed E-state index contributed by atoms with van der Waals surface area (Å²) in [6.07, 6.45) is 5.09. The summed E-state index contributed by atoms with van der Waals surface area (Å²) in [7, 11) is 3.51. The lowest BCUT2D eigenvalue weighted by Gasteiger charge is -2.28. The molecule has 1 aromatic rings. The fourth-order valence-corrected chi connectivity index (χ4v) is 2.19. The fraction of sp³-hybridized carbons (Fsp3) is 0.727. The second-order valence-corrected chi connectivity index (χ2v) is 4.15. The van der Waals surface area contributed by atoms with Gasteiger partial charge in [0.25, 0.3) is 0 Å². The summed E-state index contributed by atoms with van der Waals surface area (Å²) >= 11 is 0. The molecule has 1 saturated heterocycles. The normalized spacial score (nSPS) is 23.1. The molecule has 0 aliphatic carbocycles. The molecule has 1 fully saturated rings. The van der Waals surface area contributed by atoms with Gasteiger partial charge in [0, 0.05) is 13.7 Å². The second kappa shape index (κ2) is 4.84. The van der Waals surface area contributed by atoms with Gasteiger partial charge in [0.1, 0.15) is 0 Å². The molecule has 2 heterocycles. The average Bonchev–Trinajstić information content (AvgIpc) is 2.70. The van der Waals surface area contributed by atoms with Crippen LogP contribution >= 0.6 is 0 Å². The van der Waals surface area contributed by atoms with Crippen molar-refractivity contribution < 1.29 is 9.47 Å². The molecule has 0 amide bonds. The maximum atomic E-state index is 6.23. The topological polar surface area (TPSA) is 62.3 Å². The molecule has 1 aliphatic heterocycles. The second-order valence-electron chi connectivity index (χ2n) is 4.15. The maximum absolute atomic E-state index is 6.23. The van der Waals surface area contributed by atoms with Gasteiger partial charge in [-0.25, -0.2) is 0 Å². The number of nitrogens with two attached hydrogens (primary N) is 1. The lowest BCUT2D eigenvalue weighted by molar-refractivity contribution is -0.00185. The van der Waals surface area contributed by atoms with Crippen molar-refractivity contribution in [1.82, 2.24) is 9.78 Å². The number of rotatable bonds is 3. The molecule has 0 bridgehead atoms. The van der Waals surface area contributed by atoms with Gasteiger partial charge in [0.2, 0.25) is 0 Å². The van der Waals surface area contributed by atoms with Gasteiger partial charge < -0.3 is 15.2 Å². The lowest BCUT2D eigenvalue weighted by atomic mass is 10.00. The molecule has 1 aliphatic rings. The summed E-state index contributed by atoms with van der Waals surface area (Å²) in [5.41, 5.74) is 7.14. The van der Waals surface area contributed by atoms with Crippen molar-refractivity contribution in [3.05, 3.63) is 11.9 Å². The highest BCUT2D eigenvalue weighted by Crippen LogP contribution is 2.29. The summed E-state index contributed by atoms with van der Waals surface area (Å²) in [5, 5.41) is 4.16. The van der Waals surface area contributed by atoms with Gasteiger partial charge in [-0.3, -0.25) is 4.68 Å². The highest BCUT2D eigenvalue weighted by atomic mass is 16.5. The molecule has 2 atom stereocenters. The molecule has 16 heavy (non-hydrogen) atoms. The zero-order valence-electron chi connectivity index (χ0n) is 9.85. The van der Waals surface area contributed by atoms with Crippen molar-refractivity contribution in [3.8, 4) is 5.75 Å². The third-order valence-electron chi connectivity index (χ3n) is 3.10. The zero-order chi connectivity index (χ0) is 11.5. The number of aryl methyl sites for hydroxylation is 1. The summed E-state index contributed by atoms with van der Waals surface area (Å²) in [6.45, 7) is 0.804. The molecule has 1 aromatic heterocycles. The van der Waals surface area contributed by atoms with Crippen molar-refractivity contribution >= 4 is 0 Å². The summed E-state index contributed by atoms with van der Waals surface area (Å²) in [6, 6.07) is -0.164. The molecular formula is C11H19N3O2. The Morgan fingerprint density at radius 3 is 3.06 bits per heavy atom. The number of hydrogen-bond donors (Lipinski definition) is 1. The van der Waals surface area contributed by atoms with Crippen molar-refractivity contribution in [3.63, 3.8) is 0 Å². The number of ether oxygens (including phenoxy) is 2. The van der Waals surface area contributed by atoms with E-state index in [1.54, 1.807) is 18.0 Å². The highest BCUT2D eigenvalue weighted by Gasteiger charge is 2.27. The summed E-state index contributed by atoms with van der Waals surface area (Å²) in [5.74, 6) is 0.740. The Morgan fingerprint density at radius 1 is 1.62 bits per heavy atom. The monoisotopic (exact) mass is 225 g/mol. The zero-order valence-corrected chi connectivity index (χ0v) is 9.85. The van der Waals surface area contributed by atoms with Crippen LogP contribution in [0.2, 0.25) is 0 Å². The maximum Gasteiger partial charge on any atom is 0.161 e. The molecule has 5 heteroatoms. The standard InChI is InChI=1S/C11H19N3O2/c1-14-11(9(15-2)7-13-14)10(12)8-5-3-4-6-16-8/h7-8,10H,3-6,12H2,1-2H3. The van der Waals surface area contributed by atoms with Crippen LogP contribution in [-0.2, 0) is 11.8 Å². The molecule has 2 rings (SSSR count). The summed E-state index contributed by atoms with van der Waals surface area (Å²) in [4.78, 5) is 0. The van der Waals surface area contributed by atoms with Crippen LogP contribution in [0, 0.1) is 0 Å². The van der Waals surface area contributed by atoms with Gasteiger partial charge in [-0.15, -0.1) is 0 Å². The Hall–Kier alpha value is -1.07. The first-order valence-corrected chi connectivity index (χ1v) is 5.67. The van der Waals surface area contributed by atoms with Crippen LogP contribution in [0.15, 0.2) is 6.20 Å². The fourth-order valence-electron chi connectivity index (χ4n) is 2.19. The molecular weight excluding hydrogens is 206 g/mol. The molecule has 0 aromatic carbocycles. The number of nitrogens with zero attached hydrogens (tertiary/aromatic N) is 2. The number of aromatic nitrogens is 2. The first kappa shape index (κ1) is 11.4. The minimum Gasteiger partial charge on any atom is -0.493 e. The Kier molecular flexibility index (Phi) is 3.46. The minimum atomic E-state index is -0.164. The van der Waals surface area contributed by atoms with Crippen molar-refractivity contribution in [2.75, 3.05) is 13.7 Å². The number of methoxy groups -OCH3 is 1. The Labute approximate surface area is 95.5 Å². The predicted molar refractivity (Wildman–Crippen MR) is 60.3 cm³/mol. The van der Waals surface area contributed by atoms with E-state index in [0.29, 0.717) is 0 Å². The molecule has 0 spiro atoms. The highest BCUT2D eigenvalue weighted by molar-refractivity contribution is 5.28. The van der Waals surface area contributed by atoms with Crippen LogP contribution in [0.25, 0.3) is 0 Å². The van der Waals surface area contributed by atoms with Gasteiger partial charge in [0.05, 0.1) is 31.1 Å². The molecule has 5 nitrogen and oxygen atoms in total. The van der Waals surface area contributed by atoms with Crippen molar-refractivity contribution in [2.24, 2.45) is 12.8 Å². The van der Waals surface area contributed by atoms with E-state index >= 15 is 0 Å². The molecule has 2 unspecified atom stereocenters. The van der Waals surface area contributed by atoms with E-state index in [9.17, 15) is 0 Å². The van der Waals surface area contributed by atoms with E-state index in [1.807, 2.05) is 7.05 Å². The molecule has 0 radical (unpaired) electrons. The first-order chi connectivity index (χ1) is 7.74. The van der Waals surface area contributed by atoms with Crippen LogP contribution in [0.3, 0.4) is 0 Å². The third-order valence-corrected chi connectivity index (χ3v) is 3.10. The number of hydrogen-bond acceptors (Lipinski definition) is 4. The Morgan fingerprint density at radius 2 is 2.44 bits per heavy atom. The molecule has 0 saturated carbocycles. The van der Waals surface area contributed by atoms with E-state index in [4.69, 9.17) is 15.2 Å². The van der Waals surface area contributed by atoms with E-state index in [1.165, 1.54) is 6.42 Å². The smallest absolute Gasteiger partial charge is 0.161 e. The van der Waals surface area contributed by atoms with Gasteiger partial charge in [-0.1, -0.05) is 0 Å². The van der Waals surface area contributed by atoms with E-state index < -0.39 is 0 Å². The first-order valence-electron chi connectivity index (χ1n) is 5.67. The lowest BCUT2D eigenvalue weighted by Crippen LogP contribution is -2.33. The Bertz CT molecular complexity index is 345. The molecule has 90 valence electrons. The van der Waals surface area contributed by atoms with Crippen LogP contribution < -0.4 is 10.5 Å². The van der Waals surface area contributed by atoms with Crippen LogP contribution in [0.4, 0.5) is 0 Å².